The predicted octanol–water partition coefficient (Wildman–Crippen LogP) is 3.67. The highest BCUT2D eigenvalue weighted by atomic mass is 35.5. The third kappa shape index (κ3) is 4.93. The van der Waals surface area contributed by atoms with Gasteiger partial charge in [0.2, 0.25) is 0 Å². The van der Waals surface area contributed by atoms with Crippen LogP contribution in [-0.2, 0) is 15.9 Å². The molecule has 2 aromatic rings. The van der Waals surface area contributed by atoms with Crippen molar-refractivity contribution in [2.24, 2.45) is 0 Å². The minimum atomic E-state index is -0.852. The highest BCUT2D eigenvalue weighted by Crippen LogP contribution is 2.34. The molecule has 2 saturated heterocycles. The number of halogens is 1. The lowest BCUT2D eigenvalue weighted by Crippen LogP contribution is -2.43. The normalized spacial score (nSPS) is 29.7. The summed E-state index contributed by atoms with van der Waals surface area (Å²) in [6.45, 7) is 3.19. The molecule has 29 heavy (non-hydrogen) atoms. The highest BCUT2D eigenvalue weighted by Gasteiger charge is 2.34. The molecule has 0 bridgehead atoms. The van der Waals surface area contributed by atoms with Crippen LogP contribution in [-0.4, -0.2) is 47.8 Å². The summed E-state index contributed by atoms with van der Waals surface area (Å²) >= 11 is 6.44. The van der Waals surface area contributed by atoms with Crippen LogP contribution in [0.25, 0.3) is 0 Å². The van der Waals surface area contributed by atoms with Gasteiger partial charge in [-0.1, -0.05) is 35.9 Å². The first-order chi connectivity index (χ1) is 14.0. The molecule has 0 radical (unpaired) electrons. The zero-order valence-electron chi connectivity index (χ0n) is 16.5. The van der Waals surface area contributed by atoms with E-state index in [0.717, 1.165) is 35.5 Å². The van der Waals surface area contributed by atoms with Crippen molar-refractivity contribution in [3.63, 3.8) is 0 Å². The molecule has 2 fully saturated rings. The maximum Gasteiger partial charge on any atom is 0.124 e. The summed E-state index contributed by atoms with van der Waals surface area (Å²) in [5, 5.41) is 20.7. The second-order valence-corrected chi connectivity index (χ2v) is 8.31. The van der Waals surface area contributed by atoms with E-state index in [1.807, 2.05) is 42.5 Å². The van der Waals surface area contributed by atoms with Gasteiger partial charge in [0.15, 0.2) is 0 Å². The molecule has 6 heteroatoms. The van der Waals surface area contributed by atoms with Crippen molar-refractivity contribution in [2.45, 2.75) is 56.7 Å². The first kappa shape index (κ1) is 20.6. The summed E-state index contributed by atoms with van der Waals surface area (Å²) in [4.78, 5) is 0. The Morgan fingerprint density at radius 3 is 2.62 bits per heavy atom. The summed E-state index contributed by atoms with van der Waals surface area (Å²) in [5.41, 5.74) is 3.09. The van der Waals surface area contributed by atoms with Crippen LogP contribution in [0.15, 0.2) is 42.5 Å². The molecule has 2 N–H and O–H groups in total. The lowest BCUT2D eigenvalue weighted by atomic mass is 9.93. The van der Waals surface area contributed by atoms with Gasteiger partial charge < -0.3 is 24.4 Å². The number of aliphatic hydroxyl groups is 2. The van der Waals surface area contributed by atoms with Crippen LogP contribution in [0.2, 0.25) is 5.02 Å². The molecule has 4 rings (SSSR count). The smallest absolute Gasteiger partial charge is 0.124 e. The van der Waals surface area contributed by atoms with E-state index in [0.29, 0.717) is 24.5 Å². The monoisotopic (exact) mass is 418 g/mol. The van der Waals surface area contributed by atoms with E-state index in [-0.39, 0.29) is 12.2 Å². The maximum atomic E-state index is 10.1. The van der Waals surface area contributed by atoms with Crippen LogP contribution < -0.4 is 4.74 Å². The SMILES string of the molecule is CC1OC(c2ccc(Cl)c(Cc3ccc(OC4CCOC4)cc3)c2)CC(O)[C@@H]1O. The molecule has 2 heterocycles. The van der Waals surface area contributed by atoms with Crippen LogP contribution in [0.5, 0.6) is 5.75 Å². The molecule has 2 aliphatic heterocycles. The molecule has 0 spiro atoms. The van der Waals surface area contributed by atoms with Gasteiger partial charge in [-0.05, 0) is 48.2 Å². The lowest BCUT2D eigenvalue weighted by Gasteiger charge is -2.35. The molecule has 0 amide bonds. The second kappa shape index (κ2) is 9.02. The Morgan fingerprint density at radius 1 is 1.14 bits per heavy atom. The van der Waals surface area contributed by atoms with Crippen molar-refractivity contribution >= 4 is 11.6 Å². The summed E-state index contributed by atoms with van der Waals surface area (Å²) in [5.74, 6) is 0.848. The molecule has 5 nitrogen and oxygen atoms in total. The first-order valence-corrected chi connectivity index (χ1v) is 10.5. The summed E-state index contributed by atoms with van der Waals surface area (Å²) < 4.78 is 17.2. The van der Waals surface area contributed by atoms with Gasteiger partial charge in [-0.15, -0.1) is 0 Å². The van der Waals surface area contributed by atoms with E-state index in [2.05, 4.69) is 0 Å². The first-order valence-electron chi connectivity index (χ1n) is 10.1. The Labute approximate surface area is 176 Å². The van der Waals surface area contributed by atoms with E-state index < -0.39 is 18.3 Å². The van der Waals surface area contributed by atoms with Crippen LogP contribution in [0, 0.1) is 0 Å². The number of aliphatic hydroxyl groups excluding tert-OH is 2. The van der Waals surface area contributed by atoms with E-state index in [4.69, 9.17) is 25.8 Å². The Hall–Kier alpha value is -1.63. The third-order valence-electron chi connectivity index (χ3n) is 5.66. The maximum absolute atomic E-state index is 10.1. The number of hydrogen-bond acceptors (Lipinski definition) is 5. The van der Waals surface area contributed by atoms with Crippen molar-refractivity contribution in [3.8, 4) is 5.75 Å². The van der Waals surface area contributed by atoms with Crippen molar-refractivity contribution in [3.05, 3.63) is 64.2 Å². The molecule has 2 aromatic carbocycles. The quantitative estimate of drug-likeness (QED) is 0.775. The molecule has 2 aliphatic rings. The Kier molecular flexibility index (Phi) is 6.42. The lowest BCUT2D eigenvalue weighted by molar-refractivity contribution is -0.163. The predicted molar refractivity (Wildman–Crippen MR) is 110 cm³/mol. The molecule has 156 valence electrons. The standard InChI is InChI=1S/C23H27ClO5/c1-14-23(26)21(25)12-22(28-14)16-4-7-20(24)17(11-16)10-15-2-5-18(6-3-15)29-19-8-9-27-13-19/h2-7,11,14,19,21-23,25-26H,8-10,12-13H2,1H3/t14?,19?,21?,22?,23-/m1/s1. The summed E-state index contributed by atoms with van der Waals surface area (Å²) in [7, 11) is 0. The van der Waals surface area contributed by atoms with Crippen LogP contribution in [0.1, 0.15) is 42.6 Å². The van der Waals surface area contributed by atoms with Crippen LogP contribution in [0.4, 0.5) is 0 Å². The van der Waals surface area contributed by atoms with Gasteiger partial charge in [-0.2, -0.15) is 0 Å². The van der Waals surface area contributed by atoms with Gasteiger partial charge in [-0.3, -0.25) is 0 Å². The van der Waals surface area contributed by atoms with Gasteiger partial charge >= 0.3 is 0 Å². The fourth-order valence-electron chi connectivity index (χ4n) is 3.92. The molecule has 0 aliphatic carbocycles. The minimum absolute atomic E-state index is 0.138. The molecule has 0 aromatic heterocycles. The van der Waals surface area contributed by atoms with Gasteiger partial charge in [-0.25, -0.2) is 0 Å². The summed E-state index contributed by atoms with van der Waals surface area (Å²) in [6.07, 6.45) is -0.202. The Morgan fingerprint density at radius 2 is 1.93 bits per heavy atom. The van der Waals surface area contributed by atoms with Gasteiger partial charge in [0.1, 0.15) is 18.0 Å². The Balaban J connectivity index is 1.45. The number of ether oxygens (including phenoxy) is 3. The minimum Gasteiger partial charge on any atom is -0.488 e. The van der Waals surface area contributed by atoms with Gasteiger partial charge in [0.25, 0.3) is 0 Å². The third-order valence-corrected chi connectivity index (χ3v) is 6.03. The fourth-order valence-corrected chi connectivity index (χ4v) is 4.10. The largest absolute Gasteiger partial charge is 0.488 e. The Bertz CT molecular complexity index is 807. The van der Waals surface area contributed by atoms with Crippen molar-refractivity contribution in [1.82, 2.24) is 0 Å². The van der Waals surface area contributed by atoms with Gasteiger partial charge in [0.05, 0.1) is 31.5 Å². The average Bonchev–Trinajstić information content (AvgIpc) is 3.22. The molecule has 5 atom stereocenters. The zero-order chi connectivity index (χ0) is 20.4. The van der Waals surface area contributed by atoms with Crippen LogP contribution >= 0.6 is 11.6 Å². The van der Waals surface area contributed by atoms with Crippen molar-refractivity contribution in [1.29, 1.82) is 0 Å². The fraction of sp³-hybridized carbons (Fsp3) is 0.478. The van der Waals surface area contributed by atoms with Gasteiger partial charge in [0, 0.05) is 17.9 Å². The molecule has 0 saturated carbocycles. The van der Waals surface area contributed by atoms with Crippen molar-refractivity contribution in [2.75, 3.05) is 13.2 Å². The molecular formula is C23H27ClO5. The number of rotatable bonds is 5. The molecule has 4 unspecified atom stereocenters. The van der Waals surface area contributed by atoms with E-state index in [1.165, 1.54) is 0 Å². The van der Waals surface area contributed by atoms with Crippen LogP contribution in [0.3, 0.4) is 0 Å². The van der Waals surface area contributed by atoms with Crippen molar-refractivity contribution < 1.29 is 24.4 Å². The van der Waals surface area contributed by atoms with E-state index >= 15 is 0 Å². The zero-order valence-corrected chi connectivity index (χ0v) is 17.2. The highest BCUT2D eigenvalue weighted by molar-refractivity contribution is 6.31. The molecular weight excluding hydrogens is 392 g/mol. The second-order valence-electron chi connectivity index (χ2n) is 7.90. The van der Waals surface area contributed by atoms with E-state index in [1.54, 1.807) is 6.92 Å². The average molecular weight is 419 g/mol. The van der Waals surface area contributed by atoms with E-state index in [9.17, 15) is 10.2 Å². The number of benzene rings is 2. The number of hydrogen-bond donors (Lipinski definition) is 2. The topological polar surface area (TPSA) is 68.2 Å². The summed E-state index contributed by atoms with van der Waals surface area (Å²) in [6, 6.07) is 13.9.